The van der Waals surface area contributed by atoms with Gasteiger partial charge in [-0.25, -0.2) is 0 Å². The minimum absolute atomic E-state index is 0.657. The van der Waals surface area contributed by atoms with Crippen molar-refractivity contribution in [3.05, 3.63) is 29.6 Å². The highest BCUT2D eigenvalue weighted by molar-refractivity contribution is 5.23. The van der Waals surface area contributed by atoms with Crippen molar-refractivity contribution < 1.29 is 0 Å². The van der Waals surface area contributed by atoms with Gasteiger partial charge in [0.25, 0.3) is 0 Å². The number of hydrogen-bond acceptors (Lipinski definition) is 2. The first kappa shape index (κ1) is 16.5. The Morgan fingerprint density at radius 3 is 2.43 bits per heavy atom. The summed E-state index contributed by atoms with van der Waals surface area (Å²) >= 11 is 0. The molecule has 2 aliphatic rings. The number of likely N-dealkylation sites (tertiary alicyclic amines) is 1. The lowest BCUT2D eigenvalue weighted by Gasteiger charge is -2.20. The van der Waals surface area contributed by atoms with Crippen molar-refractivity contribution >= 4 is 0 Å². The summed E-state index contributed by atoms with van der Waals surface area (Å²) in [6.07, 6.45) is 14.3. The van der Waals surface area contributed by atoms with Crippen LogP contribution in [0, 0.1) is 0 Å². The molecule has 2 heteroatoms. The molecule has 1 aliphatic carbocycles. The van der Waals surface area contributed by atoms with Crippen molar-refractivity contribution in [3.63, 3.8) is 0 Å². The van der Waals surface area contributed by atoms with Crippen molar-refractivity contribution in [2.75, 3.05) is 20.1 Å². The summed E-state index contributed by atoms with van der Waals surface area (Å²) in [5, 5.41) is 0. The van der Waals surface area contributed by atoms with Gasteiger partial charge in [0.1, 0.15) is 0 Å². The van der Waals surface area contributed by atoms with E-state index in [4.69, 9.17) is 0 Å². The number of piperidine rings is 1. The van der Waals surface area contributed by atoms with Gasteiger partial charge in [-0.2, -0.15) is 0 Å². The van der Waals surface area contributed by atoms with Crippen LogP contribution in [0.1, 0.15) is 75.5 Å². The lowest BCUT2D eigenvalue weighted by Crippen LogP contribution is -2.24. The Hall–Kier alpha value is -0.890. The molecule has 0 N–H and O–H groups in total. The summed E-state index contributed by atoms with van der Waals surface area (Å²) in [6.45, 7) is 4.96. The van der Waals surface area contributed by atoms with Gasteiger partial charge in [0.2, 0.25) is 0 Å². The SMILES string of the molecule is CC1CCCCCCc2cccnc21.CN1CCCCC1. The average molecular weight is 288 g/mol. The molecule has 1 aromatic rings. The number of aromatic nitrogens is 1. The van der Waals surface area contributed by atoms with Crippen molar-refractivity contribution in [3.8, 4) is 0 Å². The molecular weight excluding hydrogens is 256 g/mol. The van der Waals surface area contributed by atoms with Gasteiger partial charge >= 0.3 is 0 Å². The van der Waals surface area contributed by atoms with Crippen LogP contribution in [0.4, 0.5) is 0 Å². The van der Waals surface area contributed by atoms with Crippen LogP contribution in [0.25, 0.3) is 0 Å². The zero-order chi connectivity index (χ0) is 14.9. The Morgan fingerprint density at radius 2 is 1.71 bits per heavy atom. The first-order valence-corrected chi connectivity index (χ1v) is 8.89. The smallest absolute Gasteiger partial charge is 0.0463 e. The second-order valence-corrected chi connectivity index (χ2v) is 6.77. The Bertz CT molecular complexity index is 396. The van der Waals surface area contributed by atoms with Crippen LogP contribution < -0.4 is 0 Å². The van der Waals surface area contributed by atoms with E-state index in [1.54, 1.807) is 0 Å². The fourth-order valence-electron chi connectivity index (χ4n) is 3.41. The van der Waals surface area contributed by atoms with E-state index in [1.165, 1.54) is 82.1 Å². The molecule has 0 radical (unpaired) electrons. The van der Waals surface area contributed by atoms with E-state index in [0.29, 0.717) is 5.92 Å². The molecule has 21 heavy (non-hydrogen) atoms. The maximum atomic E-state index is 4.54. The molecule has 118 valence electrons. The first-order valence-electron chi connectivity index (χ1n) is 8.89. The molecular formula is C19H32N2. The molecule has 0 bridgehead atoms. The van der Waals surface area contributed by atoms with Crippen LogP contribution in [0.15, 0.2) is 18.3 Å². The van der Waals surface area contributed by atoms with Crippen LogP contribution in [0.3, 0.4) is 0 Å². The van der Waals surface area contributed by atoms with E-state index in [1.807, 2.05) is 6.20 Å². The molecule has 0 aromatic carbocycles. The van der Waals surface area contributed by atoms with Crippen LogP contribution in [0.5, 0.6) is 0 Å². The van der Waals surface area contributed by atoms with Gasteiger partial charge in [-0.3, -0.25) is 4.98 Å². The minimum atomic E-state index is 0.657. The van der Waals surface area contributed by atoms with Crippen LogP contribution in [-0.2, 0) is 6.42 Å². The van der Waals surface area contributed by atoms with Crippen LogP contribution in [0.2, 0.25) is 0 Å². The highest BCUT2D eigenvalue weighted by Gasteiger charge is 2.13. The Morgan fingerprint density at radius 1 is 1.00 bits per heavy atom. The minimum Gasteiger partial charge on any atom is -0.306 e. The third-order valence-corrected chi connectivity index (χ3v) is 4.81. The number of hydrogen-bond donors (Lipinski definition) is 0. The molecule has 1 fully saturated rings. The van der Waals surface area contributed by atoms with Crippen molar-refractivity contribution in [1.29, 1.82) is 0 Å². The molecule has 1 aromatic heterocycles. The highest BCUT2D eigenvalue weighted by atomic mass is 15.1. The number of rotatable bonds is 0. The second kappa shape index (κ2) is 9.19. The summed E-state index contributed by atoms with van der Waals surface area (Å²) < 4.78 is 0. The van der Waals surface area contributed by atoms with Gasteiger partial charge in [0.05, 0.1) is 0 Å². The Labute approximate surface area is 131 Å². The lowest BCUT2D eigenvalue weighted by atomic mass is 9.96. The zero-order valence-electron chi connectivity index (χ0n) is 14.0. The molecule has 0 spiro atoms. The summed E-state index contributed by atoms with van der Waals surface area (Å²) in [7, 11) is 2.19. The molecule has 0 amide bonds. The Balaban J connectivity index is 0.000000194. The third kappa shape index (κ3) is 5.78. The zero-order valence-corrected chi connectivity index (χ0v) is 14.0. The second-order valence-electron chi connectivity index (χ2n) is 6.77. The fraction of sp³-hybridized carbons (Fsp3) is 0.737. The molecule has 1 atom stereocenters. The molecule has 0 saturated carbocycles. The number of fused-ring (bicyclic) bond motifs is 1. The maximum absolute atomic E-state index is 4.54. The molecule has 2 nitrogen and oxygen atoms in total. The molecule has 2 heterocycles. The van der Waals surface area contributed by atoms with Gasteiger partial charge < -0.3 is 4.90 Å². The molecule has 1 aliphatic heterocycles. The predicted molar refractivity (Wildman–Crippen MR) is 90.8 cm³/mol. The quantitative estimate of drug-likeness (QED) is 0.682. The van der Waals surface area contributed by atoms with E-state index in [0.717, 1.165) is 0 Å². The van der Waals surface area contributed by atoms with Gasteiger partial charge in [-0.1, -0.05) is 38.7 Å². The van der Waals surface area contributed by atoms with Crippen molar-refractivity contribution in [1.82, 2.24) is 9.88 Å². The largest absolute Gasteiger partial charge is 0.306 e. The summed E-state index contributed by atoms with van der Waals surface area (Å²) in [4.78, 5) is 6.94. The summed E-state index contributed by atoms with van der Waals surface area (Å²) in [6, 6.07) is 4.33. The number of pyridine rings is 1. The van der Waals surface area contributed by atoms with Gasteiger partial charge in [-0.15, -0.1) is 0 Å². The van der Waals surface area contributed by atoms with E-state index < -0.39 is 0 Å². The van der Waals surface area contributed by atoms with Gasteiger partial charge in [0, 0.05) is 11.9 Å². The van der Waals surface area contributed by atoms with E-state index in [-0.39, 0.29) is 0 Å². The van der Waals surface area contributed by atoms with Gasteiger partial charge in [-0.05, 0) is 69.8 Å². The monoisotopic (exact) mass is 288 g/mol. The van der Waals surface area contributed by atoms with Crippen LogP contribution >= 0.6 is 0 Å². The number of aryl methyl sites for hydroxylation is 1. The van der Waals surface area contributed by atoms with E-state index in [9.17, 15) is 0 Å². The maximum Gasteiger partial charge on any atom is 0.0463 e. The first-order chi connectivity index (χ1) is 10.3. The molecule has 3 rings (SSSR count). The molecule has 1 saturated heterocycles. The Kier molecular flexibility index (Phi) is 7.21. The third-order valence-electron chi connectivity index (χ3n) is 4.81. The lowest BCUT2D eigenvalue weighted by molar-refractivity contribution is 0.277. The highest BCUT2D eigenvalue weighted by Crippen LogP contribution is 2.26. The number of nitrogens with zero attached hydrogens (tertiary/aromatic N) is 2. The standard InChI is InChI=1S/C13H19N.C6H13N/c1-11-7-4-2-3-5-8-12-9-6-10-14-13(11)12;1-7-5-3-2-4-6-7/h6,9-11H,2-5,7-8H2,1H3;2-6H2,1H3. The molecule has 1 unspecified atom stereocenters. The summed E-state index contributed by atoms with van der Waals surface area (Å²) in [5.74, 6) is 0.657. The average Bonchev–Trinajstić information content (AvgIpc) is 2.60. The van der Waals surface area contributed by atoms with Crippen molar-refractivity contribution in [2.45, 2.75) is 70.6 Å². The summed E-state index contributed by atoms with van der Waals surface area (Å²) in [5.41, 5.74) is 2.84. The topological polar surface area (TPSA) is 16.1 Å². The normalized spacial score (nSPS) is 23.8. The fourth-order valence-corrected chi connectivity index (χ4v) is 3.41. The van der Waals surface area contributed by atoms with E-state index in [2.05, 4.69) is 36.0 Å². The predicted octanol–water partition coefficient (Wildman–Crippen LogP) is 4.79. The van der Waals surface area contributed by atoms with Crippen molar-refractivity contribution in [2.24, 2.45) is 0 Å². The van der Waals surface area contributed by atoms with Crippen LogP contribution in [-0.4, -0.2) is 30.0 Å². The van der Waals surface area contributed by atoms with Gasteiger partial charge in [0.15, 0.2) is 0 Å². The van der Waals surface area contributed by atoms with E-state index >= 15 is 0 Å².